The molecule has 2 aromatic rings. The van der Waals surface area contributed by atoms with Gasteiger partial charge in [-0.3, -0.25) is 4.79 Å². The number of halogens is 1. The second-order valence-corrected chi connectivity index (χ2v) is 5.36. The Kier molecular flexibility index (Phi) is 4.88. The second kappa shape index (κ2) is 6.66. The van der Waals surface area contributed by atoms with Crippen molar-refractivity contribution < 1.29 is 19.1 Å². The van der Waals surface area contributed by atoms with Crippen molar-refractivity contribution in [2.75, 3.05) is 0 Å². The van der Waals surface area contributed by atoms with E-state index in [0.29, 0.717) is 22.6 Å². The summed E-state index contributed by atoms with van der Waals surface area (Å²) < 4.78 is 5.52. The standard InChI is InChI=1S/C16H16ClNO4/c1-3-4-5-12(16(20)21)18-15(19)14-9(2)11-8-10(17)6-7-13(11)22-14/h3,6-8,12H,1,4-5H2,2H3,(H,18,19)(H,20,21). The Morgan fingerprint density at radius 2 is 2.23 bits per heavy atom. The number of rotatable bonds is 6. The van der Waals surface area contributed by atoms with E-state index in [0.717, 1.165) is 5.39 Å². The molecule has 1 heterocycles. The SMILES string of the molecule is C=CCCC(NC(=O)c1oc2ccc(Cl)cc2c1C)C(=O)O. The number of benzene rings is 1. The maximum atomic E-state index is 12.3. The van der Waals surface area contributed by atoms with Crippen molar-refractivity contribution in [1.29, 1.82) is 0 Å². The van der Waals surface area contributed by atoms with Gasteiger partial charge in [0.2, 0.25) is 0 Å². The van der Waals surface area contributed by atoms with E-state index in [1.54, 1.807) is 31.2 Å². The van der Waals surface area contributed by atoms with Gasteiger partial charge in [-0.25, -0.2) is 4.79 Å². The quantitative estimate of drug-likeness (QED) is 0.797. The van der Waals surface area contributed by atoms with E-state index in [9.17, 15) is 9.59 Å². The maximum Gasteiger partial charge on any atom is 0.326 e. The van der Waals surface area contributed by atoms with Crippen LogP contribution in [0.5, 0.6) is 0 Å². The van der Waals surface area contributed by atoms with Crippen molar-refractivity contribution in [3.05, 3.63) is 47.2 Å². The van der Waals surface area contributed by atoms with Crippen LogP contribution in [0.1, 0.15) is 29.0 Å². The zero-order valence-corrected chi connectivity index (χ0v) is 12.8. The van der Waals surface area contributed by atoms with Gasteiger partial charge in [0.25, 0.3) is 5.91 Å². The number of hydrogen-bond donors (Lipinski definition) is 2. The predicted octanol–water partition coefficient (Wildman–Crippen LogP) is 3.54. The largest absolute Gasteiger partial charge is 0.480 e. The van der Waals surface area contributed by atoms with E-state index in [2.05, 4.69) is 11.9 Å². The molecule has 0 saturated carbocycles. The molecule has 0 radical (unpaired) electrons. The van der Waals surface area contributed by atoms with Gasteiger partial charge in [0.05, 0.1) is 0 Å². The summed E-state index contributed by atoms with van der Waals surface area (Å²) in [6.45, 7) is 5.28. The fourth-order valence-electron chi connectivity index (χ4n) is 2.18. The van der Waals surface area contributed by atoms with Crippen molar-refractivity contribution >= 4 is 34.4 Å². The van der Waals surface area contributed by atoms with Crippen molar-refractivity contribution in [2.24, 2.45) is 0 Å². The summed E-state index contributed by atoms with van der Waals surface area (Å²) in [5.74, 6) is -1.55. The first-order valence-corrected chi connectivity index (χ1v) is 7.15. The summed E-state index contributed by atoms with van der Waals surface area (Å²) in [5.41, 5.74) is 1.16. The molecule has 1 aromatic carbocycles. The van der Waals surface area contributed by atoms with E-state index >= 15 is 0 Å². The van der Waals surface area contributed by atoms with Crippen molar-refractivity contribution in [3.63, 3.8) is 0 Å². The minimum absolute atomic E-state index is 0.0992. The van der Waals surface area contributed by atoms with Crippen LogP contribution in [0.3, 0.4) is 0 Å². The second-order valence-electron chi connectivity index (χ2n) is 4.93. The molecule has 1 unspecified atom stereocenters. The number of aliphatic carboxylic acids is 1. The number of nitrogens with one attached hydrogen (secondary N) is 1. The van der Waals surface area contributed by atoms with Gasteiger partial charge in [0.1, 0.15) is 11.6 Å². The maximum absolute atomic E-state index is 12.3. The number of hydrogen-bond acceptors (Lipinski definition) is 3. The number of carbonyl (C=O) groups excluding carboxylic acids is 1. The Morgan fingerprint density at radius 3 is 2.86 bits per heavy atom. The highest BCUT2D eigenvalue weighted by molar-refractivity contribution is 6.31. The first-order chi connectivity index (χ1) is 10.4. The molecule has 0 bridgehead atoms. The summed E-state index contributed by atoms with van der Waals surface area (Å²) in [4.78, 5) is 23.4. The van der Waals surface area contributed by atoms with Gasteiger partial charge in [-0.1, -0.05) is 17.7 Å². The lowest BCUT2D eigenvalue weighted by Crippen LogP contribution is -2.40. The molecule has 0 aliphatic carbocycles. The number of carboxylic acids is 1. The average molecular weight is 322 g/mol. The number of carbonyl (C=O) groups is 2. The summed E-state index contributed by atoms with van der Waals surface area (Å²) in [6, 6.07) is 4.06. The molecule has 1 aromatic heterocycles. The zero-order chi connectivity index (χ0) is 16.3. The van der Waals surface area contributed by atoms with E-state index in [1.165, 1.54) is 0 Å². The number of carboxylic acid groups (broad SMARTS) is 1. The zero-order valence-electron chi connectivity index (χ0n) is 12.1. The van der Waals surface area contributed by atoms with Crippen LogP contribution in [0.25, 0.3) is 11.0 Å². The van der Waals surface area contributed by atoms with Crippen LogP contribution >= 0.6 is 11.6 Å². The van der Waals surface area contributed by atoms with Crippen LogP contribution in [0.2, 0.25) is 5.02 Å². The van der Waals surface area contributed by atoms with Gasteiger partial charge in [-0.05, 0) is 38.0 Å². The Hall–Kier alpha value is -2.27. The average Bonchev–Trinajstić information content (AvgIpc) is 2.80. The van der Waals surface area contributed by atoms with E-state index in [1.807, 2.05) is 0 Å². The molecule has 5 nitrogen and oxygen atoms in total. The summed E-state index contributed by atoms with van der Waals surface area (Å²) in [7, 11) is 0. The van der Waals surface area contributed by atoms with Gasteiger partial charge in [-0.2, -0.15) is 0 Å². The van der Waals surface area contributed by atoms with Crippen LogP contribution < -0.4 is 5.32 Å². The fraction of sp³-hybridized carbons (Fsp3) is 0.250. The Labute approximate surface area is 132 Å². The molecule has 0 fully saturated rings. The predicted molar refractivity (Wildman–Crippen MR) is 84.3 cm³/mol. The number of allylic oxidation sites excluding steroid dienone is 1. The van der Waals surface area contributed by atoms with Crippen LogP contribution in [-0.4, -0.2) is 23.0 Å². The van der Waals surface area contributed by atoms with Gasteiger partial charge in [0, 0.05) is 16.0 Å². The molecule has 1 amide bonds. The van der Waals surface area contributed by atoms with Crippen LogP contribution in [0.4, 0.5) is 0 Å². The first kappa shape index (κ1) is 16.1. The highest BCUT2D eigenvalue weighted by atomic mass is 35.5. The minimum Gasteiger partial charge on any atom is -0.480 e. The number of amides is 1. The van der Waals surface area contributed by atoms with Gasteiger partial charge < -0.3 is 14.8 Å². The van der Waals surface area contributed by atoms with Crippen molar-refractivity contribution in [1.82, 2.24) is 5.32 Å². The lowest BCUT2D eigenvalue weighted by atomic mass is 10.1. The molecule has 0 spiro atoms. The van der Waals surface area contributed by atoms with Crippen LogP contribution in [-0.2, 0) is 4.79 Å². The lowest BCUT2D eigenvalue weighted by molar-refractivity contribution is -0.139. The Bertz CT molecular complexity index is 735. The third-order valence-corrected chi connectivity index (χ3v) is 3.60. The van der Waals surface area contributed by atoms with Crippen LogP contribution in [0, 0.1) is 6.92 Å². The molecular weight excluding hydrogens is 306 g/mol. The van der Waals surface area contributed by atoms with Gasteiger partial charge in [0.15, 0.2) is 5.76 Å². The molecule has 0 saturated heterocycles. The Morgan fingerprint density at radius 1 is 1.50 bits per heavy atom. The van der Waals surface area contributed by atoms with Gasteiger partial charge >= 0.3 is 5.97 Å². The molecule has 2 rings (SSSR count). The molecule has 0 aliphatic heterocycles. The highest BCUT2D eigenvalue weighted by Gasteiger charge is 2.24. The fourth-order valence-corrected chi connectivity index (χ4v) is 2.35. The van der Waals surface area contributed by atoms with E-state index in [4.69, 9.17) is 21.1 Å². The Balaban J connectivity index is 2.27. The van der Waals surface area contributed by atoms with Crippen molar-refractivity contribution in [2.45, 2.75) is 25.8 Å². The third kappa shape index (κ3) is 3.31. The van der Waals surface area contributed by atoms with Crippen LogP contribution in [0.15, 0.2) is 35.3 Å². The summed E-state index contributed by atoms with van der Waals surface area (Å²) in [5, 5.41) is 12.9. The molecular formula is C16H16ClNO4. The number of furan rings is 1. The number of aryl methyl sites for hydroxylation is 1. The molecule has 2 N–H and O–H groups in total. The number of fused-ring (bicyclic) bond motifs is 1. The monoisotopic (exact) mass is 321 g/mol. The molecule has 6 heteroatoms. The third-order valence-electron chi connectivity index (χ3n) is 3.37. The highest BCUT2D eigenvalue weighted by Crippen LogP contribution is 2.27. The lowest BCUT2D eigenvalue weighted by Gasteiger charge is -2.12. The summed E-state index contributed by atoms with van der Waals surface area (Å²) >= 11 is 5.93. The molecule has 1 atom stereocenters. The molecule has 22 heavy (non-hydrogen) atoms. The minimum atomic E-state index is -1.09. The van der Waals surface area contributed by atoms with E-state index < -0.39 is 17.9 Å². The van der Waals surface area contributed by atoms with E-state index in [-0.39, 0.29) is 12.2 Å². The smallest absolute Gasteiger partial charge is 0.326 e. The van der Waals surface area contributed by atoms with Crippen molar-refractivity contribution in [3.8, 4) is 0 Å². The first-order valence-electron chi connectivity index (χ1n) is 6.77. The normalized spacial score (nSPS) is 12.1. The van der Waals surface area contributed by atoms with Gasteiger partial charge in [-0.15, -0.1) is 6.58 Å². The molecule has 0 aliphatic rings. The summed E-state index contributed by atoms with van der Waals surface area (Å²) in [6.07, 6.45) is 2.37. The molecule has 116 valence electrons. The topological polar surface area (TPSA) is 79.5 Å².